The molecule has 2 N–H and O–H groups in total. The lowest BCUT2D eigenvalue weighted by Crippen LogP contribution is -2.62. The van der Waals surface area contributed by atoms with Gasteiger partial charge < -0.3 is 15.3 Å². The van der Waals surface area contributed by atoms with Crippen molar-refractivity contribution in [1.29, 1.82) is 0 Å². The van der Waals surface area contributed by atoms with Gasteiger partial charge in [0.1, 0.15) is 11.3 Å². The molecule has 0 bridgehead atoms. The maximum atomic E-state index is 11.1. The van der Waals surface area contributed by atoms with E-state index in [4.69, 9.17) is 0 Å². The maximum absolute atomic E-state index is 11.1. The summed E-state index contributed by atoms with van der Waals surface area (Å²) in [4.78, 5) is 6.66. The standard InChI is InChI=1S/C23H31N5O/c1-21(2)14-17(15-22(3,4)27-21)28(5)20-9-8-19(25-26-20)23(29)11-10-18-16(13-23)7-6-12-24-18/h6-11,13,17,27,29H,12,14-15H2,1-5H3. The number of anilines is 1. The summed E-state index contributed by atoms with van der Waals surface area (Å²) >= 11 is 0. The number of hydrogen-bond donors (Lipinski definition) is 2. The number of aliphatic imine (C=N–C) groups is 1. The SMILES string of the molecule is CN(c1ccc(C2(O)C=CC3=NCC=CC3=C2)nn1)C1CC(C)(C)NC(C)(C)C1. The molecule has 1 unspecified atom stereocenters. The number of hydrogen-bond acceptors (Lipinski definition) is 6. The zero-order valence-corrected chi connectivity index (χ0v) is 18.0. The van der Waals surface area contributed by atoms with Crippen LogP contribution in [0.3, 0.4) is 0 Å². The van der Waals surface area contributed by atoms with E-state index in [0.717, 1.165) is 29.9 Å². The number of nitrogens with one attached hydrogen (secondary N) is 1. The van der Waals surface area contributed by atoms with Crippen molar-refractivity contribution >= 4 is 11.5 Å². The quantitative estimate of drug-likeness (QED) is 0.826. The van der Waals surface area contributed by atoms with Crippen LogP contribution in [0, 0.1) is 0 Å². The maximum Gasteiger partial charge on any atom is 0.151 e. The molecule has 1 aromatic rings. The normalized spacial score (nSPS) is 27.8. The van der Waals surface area contributed by atoms with Gasteiger partial charge in [0.2, 0.25) is 0 Å². The van der Waals surface area contributed by atoms with Crippen LogP contribution in [0.4, 0.5) is 5.82 Å². The first kappa shape index (κ1) is 20.0. The van der Waals surface area contributed by atoms with Crippen LogP contribution in [-0.2, 0) is 5.60 Å². The van der Waals surface area contributed by atoms with Gasteiger partial charge in [-0.25, -0.2) is 0 Å². The van der Waals surface area contributed by atoms with Crippen LogP contribution in [-0.4, -0.2) is 51.7 Å². The van der Waals surface area contributed by atoms with Gasteiger partial charge in [0.05, 0.1) is 12.3 Å². The molecule has 3 heterocycles. The van der Waals surface area contributed by atoms with Gasteiger partial charge in [0.15, 0.2) is 5.82 Å². The summed E-state index contributed by atoms with van der Waals surface area (Å²) < 4.78 is 0. The molecule has 1 saturated heterocycles. The van der Waals surface area contributed by atoms with E-state index in [1.807, 2.05) is 30.4 Å². The molecule has 1 fully saturated rings. The predicted octanol–water partition coefficient (Wildman–Crippen LogP) is 2.92. The van der Waals surface area contributed by atoms with E-state index in [2.05, 4.69) is 60.1 Å². The Morgan fingerprint density at radius 2 is 1.79 bits per heavy atom. The number of rotatable bonds is 3. The number of allylic oxidation sites excluding steroid dienone is 3. The highest BCUT2D eigenvalue weighted by atomic mass is 16.3. The summed E-state index contributed by atoms with van der Waals surface area (Å²) in [6.07, 6.45) is 11.4. The molecule has 0 amide bonds. The van der Waals surface area contributed by atoms with Gasteiger partial charge in [-0.3, -0.25) is 4.99 Å². The van der Waals surface area contributed by atoms with Gasteiger partial charge in [0, 0.05) is 24.2 Å². The Bertz CT molecular complexity index is 894. The Hall–Kier alpha value is -2.31. The molecule has 0 saturated carbocycles. The second-order valence-corrected chi connectivity index (χ2v) is 9.73. The molecule has 0 radical (unpaired) electrons. The number of fused-ring (bicyclic) bond motifs is 1. The van der Waals surface area contributed by atoms with Crippen LogP contribution in [0.1, 0.15) is 46.2 Å². The number of aliphatic hydroxyl groups is 1. The monoisotopic (exact) mass is 393 g/mol. The molecule has 2 aliphatic heterocycles. The van der Waals surface area contributed by atoms with E-state index >= 15 is 0 Å². The minimum Gasteiger partial charge on any atom is -0.376 e. The van der Waals surface area contributed by atoms with Gasteiger partial charge in [-0.15, -0.1) is 10.2 Å². The van der Waals surface area contributed by atoms with Gasteiger partial charge in [-0.05, 0) is 76.5 Å². The number of piperidine rings is 1. The largest absolute Gasteiger partial charge is 0.376 e. The molecule has 0 spiro atoms. The van der Waals surface area contributed by atoms with Crippen molar-refractivity contribution in [2.24, 2.45) is 4.99 Å². The van der Waals surface area contributed by atoms with E-state index in [-0.39, 0.29) is 11.1 Å². The van der Waals surface area contributed by atoms with Gasteiger partial charge in [-0.2, -0.15) is 0 Å². The number of aromatic nitrogens is 2. The molecular formula is C23H31N5O. The minimum absolute atomic E-state index is 0.0645. The molecule has 1 atom stereocenters. The molecule has 154 valence electrons. The van der Waals surface area contributed by atoms with Crippen molar-refractivity contribution in [3.63, 3.8) is 0 Å². The van der Waals surface area contributed by atoms with Crippen LogP contribution < -0.4 is 10.2 Å². The average molecular weight is 394 g/mol. The fraction of sp³-hybridized carbons (Fsp3) is 0.522. The van der Waals surface area contributed by atoms with E-state index in [9.17, 15) is 5.11 Å². The Balaban J connectivity index is 1.55. The molecule has 0 aromatic carbocycles. The first-order valence-electron chi connectivity index (χ1n) is 10.3. The molecule has 1 aliphatic carbocycles. The predicted molar refractivity (Wildman–Crippen MR) is 117 cm³/mol. The third-order valence-electron chi connectivity index (χ3n) is 5.97. The zero-order chi connectivity index (χ0) is 20.9. The Labute approximate surface area is 173 Å². The van der Waals surface area contributed by atoms with Crippen LogP contribution in [0.15, 0.2) is 53.1 Å². The smallest absolute Gasteiger partial charge is 0.151 e. The van der Waals surface area contributed by atoms with E-state index < -0.39 is 5.60 Å². The van der Waals surface area contributed by atoms with E-state index in [0.29, 0.717) is 18.3 Å². The highest BCUT2D eigenvalue weighted by Gasteiger charge is 2.39. The summed E-state index contributed by atoms with van der Waals surface area (Å²) in [6.45, 7) is 9.68. The van der Waals surface area contributed by atoms with Crippen molar-refractivity contribution in [2.45, 2.75) is 63.3 Å². The van der Waals surface area contributed by atoms with Gasteiger partial charge >= 0.3 is 0 Å². The highest BCUT2D eigenvalue weighted by molar-refractivity contribution is 6.12. The lowest BCUT2D eigenvalue weighted by Gasteiger charge is -2.49. The second kappa shape index (κ2) is 6.89. The van der Waals surface area contributed by atoms with Crippen LogP contribution in [0.25, 0.3) is 0 Å². The highest BCUT2D eigenvalue weighted by Crippen LogP contribution is 2.34. The van der Waals surface area contributed by atoms with Crippen LogP contribution in [0.5, 0.6) is 0 Å². The van der Waals surface area contributed by atoms with E-state index in [1.54, 1.807) is 12.2 Å². The van der Waals surface area contributed by atoms with E-state index in [1.165, 1.54) is 0 Å². The summed E-state index contributed by atoms with van der Waals surface area (Å²) in [6, 6.07) is 4.19. The zero-order valence-electron chi connectivity index (χ0n) is 18.0. The topological polar surface area (TPSA) is 73.6 Å². The second-order valence-electron chi connectivity index (χ2n) is 9.73. The lowest BCUT2D eigenvalue weighted by atomic mass is 9.79. The Kier molecular flexibility index (Phi) is 4.74. The number of dihydropyridines is 1. The van der Waals surface area contributed by atoms with Crippen molar-refractivity contribution in [3.05, 3.63) is 53.8 Å². The molecule has 29 heavy (non-hydrogen) atoms. The Morgan fingerprint density at radius 3 is 2.45 bits per heavy atom. The van der Waals surface area contributed by atoms with Gasteiger partial charge in [-0.1, -0.05) is 12.2 Å². The lowest BCUT2D eigenvalue weighted by molar-refractivity contribution is 0.136. The van der Waals surface area contributed by atoms with Crippen LogP contribution >= 0.6 is 0 Å². The summed E-state index contributed by atoms with van der Waals surface area (Å²) in [5.74, 6) is 0.822. The molecule has 3 aliphatic rings. The molecule has 6 heteroatoms. The van der Waals surface area contributed by atoms with Gasteiger partial charge in [0.25, 0.3) is 0 Å². The number of nitrogens with zero attached hydrogens (tertiary/aromatic N) is 4. The molecular weight excluding hydrogens is 362 g/mol. The molecule has 6 nitrogen and oxygen atoms in total. The minimum atomic E-state index is -1.27. The third kappa shape index (κ3) is 4.05. The summed E-state index contributed by atoms with van der Waals surface area (Å²) in [5.41, 5.74) is 1.20. The van der Waals surface area contributed by atoms with Crippen molar-refractivity contribution < 1.29 is 5.11 Å². The summed E-state index contributed by atoms with van der Waals surface area (Å²) in [7, 11) is 2.08. The summed E-state index contributed by atoms with van der Waals surface area (Å²) in [5, 5.41) is 23.7. The fourth-order valence-electron chi connectivity index (χ4n) is 4.89. The van der Waals surface area contributed by atoms with Crippen molar-refractivity contribution in [1.82, 2.24) is 15.5 Å². The van der Waals surface area contributed by atoms with Crippen molar-refractivity contribution in [3.8, 4) is 0 Å². The first-order chi connectivity index (χ1) is 13.6. The van der Waals surface area contributed by atoms with Crippen LogP contribution in [0.2, 0.25) is 0 Å². The molecule has 4 rings (SSSR count). The Morgan fingerprint density at radius 1 is 1.07 bits per heavy atom. The fourth-order valence-corrected chi connectivity index (χ4v) is 4.89. The van der Waals surface area contributed by atoms with Crippen molar-refractivity contribution in [2.75, 3.05) is 18.5 Å². The average Bonchev–Trinajstić information content (AvgIpc) is 2.65. The third-order valence-corrected chi connectivity index (χ3v) is 5.97. The first-order valence-corrected chi connectivity index (χ1v) is 10.3. The molecule has 1 aromatic heterocycles.